The number of pyridine rings is 1. The molecule has 0 fully saturated rings. The molecular weight excluding hydrogens is 256 g/mol. The molecule has 0 aliphatic carbocycles. The summed E-state index contributed by atoms with van der Waals surface area (Å²) in [4.78, 5) is 3.81. The van der Waals surface area contributed by atoms with E-state index in [1.165, 1.54) is 18.5 Å². The van der Waals surface area contributed by atoms with E-state index in [2.05, 4.69) is 15.1 Å². The third-order valence-corrected chi connectivity index (χ3v) is 3.75. The summed E-state index contributed by atoms with van der Waals surface area (Å²) >= 11 is 0. The van der Waals surface area contributed by atoms with Crippen molar-refractivity contribution in [1.82, 2.24) is 9.71 Å². The SMILES string of the molecule is COCC(C)CNS(=O)(=O)c1cnccc1NN. The van der Waals surface area contributed by atoms with Gasteiger partial charge in [-0.1, -0.05) is 6.92 Å². The van der Waals surface area contributed by atoms with Crippen LogP contribution in [0.1, 0.15) is 6.92 Å². The molecule has 1 rings (SSSR count). The average molecular weight is 274 g/mol. The van der Waals surface area contributed by atoms with E-state index in [1.54, 1.807) is 7.11 Å². The topological polar surface area (TPSA) is 106 Å². The molecule has 0 aliphatic rings. The molecule has 0 aromatic carbocycles. The van der Waals surface area contributed by atoms with Crippen LogP contribution in [0, 0.1) is 5.92 Å². The van der Waals surface area contributed by atoms with Crippen LogP contribution in [0.5, 0.6) is 0 Å². The van der Waals surface area contributed by atoms with Gasteiger partial charge in [-0.25, -0.2) is 13.1 Å². The molecule has 1 aromatic rings. The Morgan fingerprint density at radius 1 is 1.56 bits per heavy atom. The lowest BCUT2D eigenvalue weighted by molar-refractivity contribution is 0.161. The standard InChI is InChI=1S/C10H18N4O3S/c1-8(7-17-2)5-13-18(15,16)10-6-12-4-3-9(10)14-11/h3-4,6,8,13H,5,7,11H2,1-2H3,(H,12,14). The van der Waals surface area contributed by atoms with Crippen molar-refractivity contribution in [3.8, 4) is 0 Å². The van der Waals surface area contributed by atoms with E-state index in [-0.39, 0.29) is 17.4 Å². The molecule has 18 heavy (non-hydrogen) atoms. The van der Waals surface area contributed by atoms with Crippen LogP contribution in [0.3, 0.4) is 0 Å². The first kappa shape index (κ1) is 14.8. The Labute approximate surface area is 107 Å². The van der Waals surface area contributed by atoms with Crippen molar-refractivity contribution in [2.24, 2.45) is 11.8 Å². The first-order chi connectivity index (χ1) is 8.51. The summed E-state index contributed by atoms with van der Waals surface area (Å²) in [5.41, 5.74) is 2.63. The van der Waals surface area contributed by atoms with Gasteiger partial charge in [-0.3, -0.25) is 10.8 Å². The Morgan fingerprint density at radius 3 is 2.89 bits per heavy atom. The zero-order chi connectivity index (χ0) is 13.6. The molecular formula is C10H18N4O3S. The molecule has 1 atom stereocenters. The first-order valence-electron chi connectivity index (χ1n) is 5.40. The van der Waals surface area contributed by atoms with E-state index in [0.29, 0.717) is 12.3 Å². The number of aromatic nitrogens is 1. The molecule has 0 saturated carbocycles. The van der Waals surface area contributed by atoms with Gasteiger partial charge in [-0.05, 0) is 12.0 Å². The van der Waals surface area contributed by atoms with Crippen LogP contribution in [-0.4, -0.2) is 33.7 Å². The van der Waals surface area contributed by atoms with Gasteiger partial charge < -0.3 is 10.2 Å². The van der Waals surface area contributed by atoms with Crippen molar-refractivity contribution >= 4 is 15.7 Å². The smallest absolute Gasteiger partial charge is 0.244 e. The van der Waals surface area contributed by atoms with Crippen molar-refractivity contribution in [3.05, 3.63) is 18.5 Å². The fraction of sp³-hybridized carbons (Fsp3) is 0.500. The predicted octanol–water partition coefficient (Wildman–Crippen LogP) is -0.0720. The largest absolute Gasteiger partial charge is 0.384 e. The number of nitrogens with zero attached hydrogens (tertiary/aromatic N) is 1. The Balaban J connectivity index is 2.80. The summed E-state index contributed by atoms with van der Waals surface area (Å²) in [5.74, 6) is 5.34. The third-order valence-electron chi connectivity index (χ3n) is 2.30. The molecule has 0 amide bonds. The van der Waals surface area contributed by atoms with E-state index < -0.39 is 10.0 Å². The number of anilines is 1. The van der Waals surface area contributed by atoms with Crippen LogP contribution >= 0.6 is 0 Å². The molecule has 0 bridgehead atoms. The molecule has 1 aromatic heterocycles. The summed E-state index contributed by atoms with van der Waals surface area (Å²) in [5, 5.41) is 0. The molecule has 1 heterocycles. The zero-order valence-corrected chi connectivity index (χ0v) is 11.2. The summed E-state index contributed by atoms with van der Waals surface area (Å²) in [6, 6.07) is 1.49. The fourth-order valence-electron chi connectivity index (χ4n) is 1.39. The average Bonchev–Trinajstić information content (AvgIpc) is 2.37. The van der Waals surface area contributed by atoms with Crippen LogP contribution in [0.4, 0.5) is 5.69 Å². The second-order valence-corrected chi connectivity index (χ2v) is 5.66. The van der Waals surface area contributed by atoms with Gasteiger partial charge in [0.1, 0.15) is 4.90 Å². The van der Waals surface area contributed by atoms with Crippen molar-refractivity contribution in [3.63, 3.8) is 0 Å². The summed E-state index contributed by atoms with van der Waals surface area (Å²) < 4.78 is 31.5. The fourth-order valence-corrected chi connectivity index (χ4v) is 2.66. The highest BCUT2D eigenvalue weighted by atomic mass is 32.2. The second kappa shape index (κ2) is 6.64. The predicted molar refractivity (Wildman–Crippen MR) is 68.3 cm³/mol. The van der Waals surface area contributed by atoms with E-state index in [0.717, 1.165) is 0 Å². The van der Waals surface area contributed by atoms with Crippen LogP contribution in [0.15, 0.2) is 23.4 Å². The van der Waals surface area contributed by atoms with Gasteiger partial charge in [0.2, 0.25) is 10.0 Å². The van der Waals surface area contributed by atoms with Gasteiger partial charge in [-0.15, -0.1) is 0 Å². The minimum atomic E-state index is -3.63. The minimum Gasteiger partial charge on any atom is -0.384 e. The number of nitrogens with two attached hydrogens (primary N) is 1. The highest BCUT2D eigenvalue weighted by molar-refractivity contribution is 7.89. The molecule has 0 saturated heterocycles. The van der Waals surface area contributed by atoms with Gasteiger partial charge in [-0.2, -0.15) is 0 Å². The highest BCUT2D eigenvalue weighted by Gasteiger charge is 2.19. The Bertz CT molecular complexity index is 478. The molecule has 0 aliphatic heterocycles. The first-order valence-corrected chi connectivity index (χ1v) is 6.88. The van der Waals surface area contributed by atoms with E-state index in [1.807, 2.05) is 6.92 Å². The number of ether oxygens (including phenoxy) is 1. The molecule has 8 heteroatoms. The number of rotatable bonds is 7. The number of nitrogen functional groups attached to an aromatic ring is 1. The van der Waals surface area contributed by atoms with E-state index >= 15 is 0 Å². The quantitative estimate of drug-likeness (QED) is 0.474. The molecule has 102 valence electrons. The van der Waals surface area contributed by atoms with Gasteiger partial charge in [0, 0.05) is 32.7 Å². The third kappa shape index (κ3) is 3.91. The molecule has 1 unspecified atom stereocenters. The normalized spacial score (nSPS) is 13.3. The number of methoxy groups -OCH3 is 1. The number of sulfonamides is 1. The molecule has 7 nitrogen and oxygen atoms in total. The second-order valence-electron chi connectivity index (χ2n) is 3.93. The lowest BCUT2D eigenvalue weighted by Crippen LogP contribution is -2.31. The van der Waals surface area contributed by atoms with Gasteiger partial charge in [0.15, 0.2) is 0 Å². The Morgan fingerprint density at radius 2 is 2.28 bits per heavy atom. The summed E-state index contributed by atoms with van der Waals surface area (Å²) in [6.07, 6.45) is 2.71. The maximum absolute atomic E-state index is 12.0. The van der Waals surface area contributed by atoms with Crippen LogP contribution < -0.4 is 16.0 Å². The van der Waals surface area contributed by atoms with Gasteiger partial charge >= 0.3 is 0 Å². The number of hydrogen-bond donors (Lipinski definition) is 3. The summed E-state index contributed by atoms with van der Waals surface area (Å²) in [6.45, 7) is 2.66. The summed E-state index contributed by atoms with van der Waals surface area (Å²) in [7, 11) is -2.05. The number of nitrogens with one attached hydrogen (secondary N) is 2. The van der Waals surface area contributed by atoms with Crippen molar-refractivity contribution in [2.75, 3.05) is 25.7 Å². The van der Waals surface area contributed by atoms with E-state index in [9.17, 15) is 8.42 Å². The van der Waals surface area contributed by atoms with Crippen molar-refractivity contribution in [2.45, 2.75) is 11.8 Å². The minimum absolute atomic E-state index is 0.0251. The lowest BCUT2D eigenvalue weighted by Gasteiger charge is -2.13. The van der Waals surface area contributed by atoms with Gasteiger partial charge in [0.05, 0.1) is 5.69 Å². The van der Waals surface area contributed by atoms with Crippen molar-refractivity contribution < 1.29 is 13.2 Å². The van der Waals surface area contributed by atoms with Crippen LogP contribution in [0.25, 0.3) is 0 Å². The van der Waals surface area contributed by atoms with Crippen LogP contribution in [0.2, 0.25) is 0 Å². The molecule has 4 N–H and O–H groups in total. The Hall–Kier alpha value is -1.22. The zero-order valence-electron chi connectivity index (χ0n) is 10.4. The molecule has 0 spiro atoms. The number of hydrazine groups is 1. The Kier molecular flexibility index (Phi) is 5.48. The van der Waals surface area contributed by atoms with Gasteiger partial charge in [0.25, 0.3) is 0 Å². The van der Waals surface area contributed by atoms with E-state index in [4.69, 9.17) is 10.6 Å². The lowest BCUT2D eigenvalue weighted by atomic mass is 10.2. The maximum atomic E-state index is 12.0. The molecule has 0 radical (unpaired) electrons. The maximum Gasteiger partial charge on any atom is 0.244 e. The highest BCUT2D eigenvalue weighted by Crippen LogP contribution is 2.17. The number of hydrogen-bond acceptors (Lipinski definition) is 6. The monoisotopic (exact) mass is 274 g/mol. The van der Waals surface area contributed by atoms with Crippen molar-refractivity contribution in [1.29, 1.82) is 0 Å². The van der Waals surface area contributed by atoms with Crippen LogP contribution in [-0.2, 0) is 14.8 Å².